The predicted octanol–water partition coefficient (Wildman–Crippen LogP) is 2.48. The molecule has 0 saturated carbocycles. The Kier molecular flexibility index (Phi) is 4.51. The third kappa shape index (κ3) is 2.83. The van der Waals surface area contributed by atoms with Crippen molar-refractivity contribution in [3.8, 4) is 0 Å². The number of pyridine rings is 1. The zero-order valence-corrected chi connectivity index (χ0v) is 10.3. The first kappa shape index (κ1) is 13.2. The molecule has 0 saturated heterocycles. The van der Waals surface area contributed by atoms with Gasteiger partial charge in [0.25, 0.3) is 6.43 Å². The normalized spacial score (nSPS) is 10.6. The molecule has 0 fully saturated rings. The first-order valence-corrected chi connectivity index (χ1v) is 5.23. The molecule has 0 atom stereocenters. The monoisotopic (exact) mass is 345 g/mol. The second-order valence-corrected chi connectivity index (χ2v) is 3.93. The molecule has 0 aromatic carbocycles. The first-order valence-electron chi connectivity index (χ1n) is 4.15. The Morgan fingerprint density at radius 2 is 2.25 bits per heavy atom. The maximum absolute atomic E-state index is 13.0. The van der Waals surface area contributed by atoms with Crippen LogP contribution in [0.4, 0.5) is 13.2 Å². The molecule has 16 heavy (non-hydrogen) atoms. The number of rotatable bonds is 3. The van der Waals surface area contributed by atoms with Crippen LogP contribution in [0.3, 0.4) is 0 Å². The van der Waals surface area contributed by atoms with Gasteiger partial charge in [-0.05, 0) is 28.2 Å². The van der Waals surface area contributed by atoms with E-state index >= 15 is 0 Å². The van der Waals surface area contributed by atoms with Gasteiger partial charge in [-0.25, -0.2) is 13.8 Å². The van der Waals surface area contributed by atoms with Gasteiger partial charge in [-0.3, -0.25) is 4.79 Å². The van der Waals surface area contributed by atoms with Gasteiger partial charge in [0.2, 0.25) is 5.95 Å². The van der Waals surface area contributed by atoms with Gasteiger partial charge in [0.15, 0.2) is 0 Å². The lowest BCUT2D eigenvalue weighted by molar-refractivity contribution is -0.139. The van der Waals surface area contributed by atoms with Crippen molar-refractivity contribution in [2.75, 3.05) is 7.11 Å². The topological polar surface area (TPSA) is 39.2 Å². The molecular formula is C9H7F3INO2. The summed E-state index contributed by atoms with van der Waals surface area (Å²) in [4.78, 5) is 14.3. The Hall–Kier alpha value is -0.860. The number of carbonyl (C=O) groups excluding carboxylic acids is 1. The van der Waals surface area contributed by atoms with E-state index in [1.54, 1.807) is 0 Å². The Labute approximate surface area is 103 Å². The molecule has 88 valence electrons. The second kappa shape index (κ2) is 5.46. The van der Waals surface area contributed by atoms with E-state index in [0.717, 1.165) is 13.3 Å². The van der Waals surface area contributed by atoms with Gasteiger partial charge in [0.05, 0.1) is 17.1 Å². The minimum atomic E-state index is -2.86. The second-order valence-electron chi connectivity index (χ2n) is 2.86. The molecule has 1 heterocycles. The van der Waals surface area contributed by atoms with Gasteiger partial charge < -0.3 is 4.74 Å². The quantitative estimate of drug-likeness (QED) is 0.480. The highest BCUT2D eigenvalue weighted by Crippen LogP contribution is 2.29. The van der Waals surface area contributed by atoms with Gasteiger partial charge in [-0.15, -0.1) is 0 Å². The molecular weight excluding hydrogens is 338 g/mol. The molecule has 7 heteroatoms. The summed E-state index contributed by atoms with van der Waals surface area (Å²) in [5.74, 6) is -1.64. The van der Waals surface area contributed by atoms with Crippen LogP contribution in [0.1, 0.15) is 17.6 Å². The lowest BCUT2D eigenvalue weighted by Gasteiger charge is -2.09. The van der Waals surface area contributed by atoms with Gasteiger partial charge in [0, 0.05) is 11.8 Å². The fourth-order valence-electron chi connectivity index (χ4n) is 1.12. The van der Waals surface area contributed by atoms with Crippen molar-refractivity contribution < 1.29 is 22.7 Å². The first-order chi connectivity index (χ1) is 7.47. The van der Waals surface area contributed by atoms with E-state index in [2.05, 4.69) is 9.72 Å². The number of hydrogen-bond acceptors (Lipinski definition) is 3. The van der Waals surface area contributed by atoms with Crippen molar-refractivity contribution in [3.05, 3.63) is 26.8 Å². The average Bonchev–Trinajstić information content (AvgIpc) is 2.23. The molecule has 0 amide bonds. The number of ether oxygens (including phenoxy) is 1. The maximum atomic E-state index is 13.0. The number of alkyl halides is 2. The van der Waals surface area contributed by atoms with E-state index in [0.29, 0.717) is 0 Å². The van der Waals surface area contributed by atoms with Crippen LogP contribution in [-0.4, -0.2) is 18.1 Å². The van der Waals surface area contributed by atoms with E-state index < -0.39 is 23.9 Å². The minimum absolute atomic E-state index is 0.0207. The van der Waals surface area contributed by atoms with Crippen molar-refractivity contribution >= 4 is 28.6 Å². The van der Waals surface area contributed by atoms with E-state index in [-0.39, 0.29) is 15.6 Å². The van der Waals surface area contributed by atoms with Crippen LogP contribution < -0.4 is 0 Å². The molecule has 0 N–H and O–H groups in total. The molecule has 0 spiro atoms. The van der Waals surface area contributed by atoms with Crippen LogP contribution in [0.15, 0.2) is 6.20 Å². The van der Waals surface area contributed by atoms with E-state index in [4.69, 9.17) is 0 Å². The molecule has 0 radical (unpaired) electrons. The summed E-state index contributed by atoms with van der Waals surface area (Å²) in [5.41, 5.74) is -0.522. The van der Waals surface area contributed by atoms with Crippen molar-refractivity contribution in [1.82, 2.24) is 4.98 Å². The third-order valence-corrected chi connectivity index (χ3v) is 2.90. The van der Waals surface area contributed by atoms with E-state index in [1.165, 1.54) is 22.6 Å². The lowest BCUT2D eigenvalue weighted by Crippen LogP contribution is -2.10. The summed E-state index contributed by atoms with van der Waals surface area (Å²) in [7, 11) is 1.15. The van der Waals surface area contributed by atoms with Gasteiger partial charge in [-0.1, -0.05) is 0 Å². The molecule has 3 nitrogen and oxygen atoms in total. The molecule has 0 aliphatic heterocycles. The number of nitrogens with zero attached hydrogens (tertiary/aromatic N) is 1. The molecule has 0 aliphatic carbocycles. The fourth-order valence-corrected chi connectivity index (χ4v) is 1.84. The fraction of sp³-hybridized carbons (Fsp3) is 0.333. The summed E-state index contributed by atoms with van der Waals surface area (Å²) in [5, 5.41) is 0. The zero-order chi connectivity index (χ0) is 12.3. The Bertz CT molecular complexity index is 412. The zero-order valence-electron chi connectivity index (χ0n) is 8.14. The molecule has 0 aliphatic rings. The smallest absolute Gasteiger partial charge is 0.310 e. The summed E-state index contributed by atoms with van der Waals surface area (Å²) >= 11 is 1.43. The molecule has 0 bridgehead atoms. The van der Waals surface area contributed by atoms with Gasteiger partial charge in [-0.2, -0.15) is 4.39 Å². The number of aromatic nitrogens is 1. The van der Waals surface area contributed by atoms with Gasteiger partial charge in [0.1, 0.15) is 0 Å². The van der Waals surface area contributed by atoms with Crippen LogP contribution in [0.2, 0.25) is 0 Å². The largest absolute Gasteiger partial charge is 0.469 e. The highest BCUT2D eigenvalue weighted by molar-refractivity contribution is 14.1. The van der Waals surface area contributed by atoms with Gasteiger partial charge >= 0.3 is 5.97 Å². The van der Waals surface area contributed by atoms with Crippen molar-refractivity contribution in [2.45, 2.75) is 12.8 Å². The molecule has 1 aromatic heterocycles. The molecule has 1 rings (SSSR count). The molecule has 0 unspecified atom stereocenters. The number of hydrogen-bond donors (Lipinski definition) is 0. The average molecular weight is 345 g/mol. The summed E-state index contributed by atoms with van der Waals surface area (Å²) in [6.45, 7) is 0. The molecule has 1 aromatic rings. The Morgan fingerprint density at radius 3 is 2.75 bits per heavy atom. The van der Waals surface area contributed by atoms with Crippen molar-refractivity contribution in [3.63, 3.8) is 0 Å². The lowest BCUT2D eigenvalue weighted by atomic mass is 10.1. The highest BCUT2D eigenvalue weighted by atomic mass is 127. The Morgan fingerprint density at radius 1 is 1.62 bits per heavy atom. The number of esters is 1. The highest BCUT2D eigenvalue weighted by Gasteiger charge is 2.22. The number of halogens is 4. The van der Waals surface area contributed by atoms with E-state index in [9.17, 15) is 18.0 Å². The van der Waals surface area contributed by atoms with E-state index in [1.807, 2.05) is 0 Å². The Balaban J connectivity index is 3.18. The third-order valence-electron chi connectivity index (χ3n) is 1.88. The summed E-state index contributed by atoms with van der Waals surface area (Å²) < 4.78 is 42.4. The summed E-state index contributed by atoms with van der Waals surface area (Å²) in [6, 6.07) is 0. The van der Waals surface area contributed by atoms with Crippen LogP contribution >= 0.6 is 22.6 Å². The summed E-state index contributed by atoms with van der Waals surface area (Å²) in [6.07, 6.45) is -2.28. The van der Waals surface area contributed by atoms with Crippen LogP contribution in [0, 0.1) is 9.52 Å². The number of methoxy groups -OCH3 is 1. The number of carbonyl (C=O) groups is 1. The minimum Gasteiger partial charge on any atom is -0.469 e. The van der Waals surface area contributed by atoms with Crippen LogP contribution in [-0.2, 0) is 16.0 Å². The van der Waals surface area contributed by atoms with Crippen molar-refractivity contribution in [2.24, 2.45) is 0 Å². The maximum Gasteiger partial charge on any atom is 0.310 e. The SMILES string of the molecule is COC(=O)Cc1cnc(F)c(I)c1C(F)F. The standard InChI is InChI=1S/C9H7F3INO2/c1-16-5(15)2-4-3-14-9(12)7(13)6(4)8(10)11/h3,8H,2H2,1H3. The predicted molar refractivity (Wildman–Crippen MR) is 57.6 cm³/mol. The van der Waals surface area contributed by atoms with Crippen molar-refractivity contribution in [1.29, 1.82) is 0 Å². The van der Waals surface area contributed by atoms with Crippen LogP contribution in [0.25, 0.3) is 0 Å². The van der Waals surface area contributed by atoms with Crippen LogP contribution in [0.5, 0.6) is 0 Å².